The summed E-state index contributed by atoms with van der Waals surface area (Å²) in [6.07, 6.45) is 1.40. The van der Waals surface area contributed by atoms with E-state index in [4.69, 9.17) is 16.7 Å². The molecule has 0 saturated heterocycles. The SMILES string of the molecule is Cc1ccc(C(=O)Nc2ncccc2C(=O)O)c(Cl)c1. The van der Waals surface area contributed by atoms with E-state index in [-0.39, 0.29) is 16.9 Å². The molecule has 2 N–H and O–H groups in total. The molecule has 1 aromatic carbocycles. The Morgan fingerprint density at radius 1 is 1.25 bits per heavy atom. The molecule has 6 heteroatoms. The van der Waals surface area contributed by atoms with Gasteiger partial charge in [0.2, 0.25) is 0 Å². The van der Waals surface area contributed by atoms with Crippen LogP contribution in [0.15, 0.2) is 36.5 Å². The van der Waals surface area contributed by atoms with Crippen molar-refractivity contribution < 1.29 is 14.7 Å². The number of carboxylic acid groups (broad SMARTS) is 1. The Kier molecular flexibility index (Phi) is 4.00. The summed E-state index contributed by atoms with van der Waals surface area (Å²) >= 11 is 6.00. The minimum absolute atomic E-state index is 0.0124. The first-order chi connectivity index (χ1) is 9.49. The van der Waals surface area contributed by atoms with E-state index in [2.05, 4.69) is 10.3 Å². The highest BCUT2D eigenvalue weighted by atomic mass is 35.5. The van der Waals surface area contributed by atoms with Gasteiger partial charge in [0.1, 0.15) is 11.4 Å². The Morgan fingerprint density at radius 2 is 2.00 bits per heavy atom. The van der Waals surface area contributed by atoms with Gasteiger partial charge in [-0.15, -0.1) is 0 Å². The number of amides is 1. The fourth-order valence-corrected chi connectivity index (χ4v) is 1.98. The van der Waals surface area contributed by atoms with Gasteiger partial charge in [0.15, 0.2) is 0 Å². The molecule has 0 atom stereocenters. The largest absolute Gasteiger partial charge is 0.478 e. The number of benzene rings is 1. The molecule has 20 heavy (non-hydrogen) atoms. The number of pyridine rings is 1. The summed E-state index contributed by atoms with van der Waals surface area (Å²) in [6, 6.07) is 7.83. The van der Waals surface area contributed by atoms with Crippen LogP contribution in [0.4, 0.5) is 5.82 Å². The van der Waals surface area contributed by atoms with Crippen molar-refractivity contribution in [3.63, 3.8) is 0 Å². The monoisotopic (exact) mass is 290 g/mol. The zero-order chi connectivity index (χ0) is 14.7. The zero-order valence-corrected chi connectivity index (χ0v) is 11.3. The molecular weight excluding hydrogens is 280 g/mol. The van der Waals surface area contributed by atoms with Crippen LogP contribution >= 0.6 is 11.6 Å². The maximum absolute atomic E-state index is 12.1. The van der Waals surface area contributed by atoms with Crippen LogP contribution in [0.2, 0.25) is 5.02 Å². The van der Waals surface area contributed by atoms with Crippen molar-refractivity contribution in [3.8, 4) is 0 Å². The second-order valence-corrected chi connectivity index (χ2v) is 4.55. The Morgan fingerprint density at radius 3 is 2.65 bits per heavy atom. The van der Waals surface area contributed by atoms with Crippen LogP contribution in [0, 0.1) is 6.92 Å². The van der Waals surface area contributed by atoms with Crippen molar-refractivity contribution in [2.24, 2.45) is 0 Å². The van der Waals surface area contributed by atoms with Crippen molar-refractivity contribution >= 4 is 29.3 Å². The average molecular weight is 291 g/mol. The number of hydrogen-bond donors (Lipinski definition) is 2. The van der Waals surface area contributed by atoms with E-state index < -0.39 is 11.9 Å². The molecular formula is C14H11ClN2O3. The predicted molar refractivity (Wildman–Crippen MR) is 75.3 cm³/mol. The molecule has 0 aliphatic rings. The highest BCUT2D eigenvalue weighted by molar-refractivity contribution is 6.34. The summed E-state index contributed by atoms with van der Waals surface area (Å²) < 4.78 is 0. The maximum Gasteiger partial charge on any atom is 0.339 e. The lowest BCUT2D eigenvalue weighted by atomic mass is 10.1. The molecule has 2 rings (SSSR count). The van der Waals surface area contributed by atoms with Gasteiger partial charge in [-0.1, -0.05) is 17.7 Å². The van der Waals surface area contributed by atoms with Crippen LogP contribution < -0.4 is 5.32 Å². The van der Waals surface area contributed by atoms with Crippen LogP contribution in [0.3, 0.4) is 0 Å². The van der Waals surface area contributed by atoms with E-state index in [1.54, 1.807) is 18.2 Å². The lowest BCUT2D eigenvalue weighted by Gasteiger charge is -2.08. The van der Waals surface area contributed by atoms with Crippen LogP contribution in [-0.2, 0) is 0 Å². The van der Waals surface area contributed by atoms with E-state index in [0.29, 0.717) is 5.02 Å². The van der Waals surface area contributed by atoms with Crippen molar-refractivity contribution in [2.45, 2.75) is 6.92 Å². The quantitative estimate of drug-likeness (QED) is 0.911. The van der Waals surface area contributed by atoms with Gasteiger partial charge in [-0.05, 0) is 36.8 Å². The molecule has 1 aromatic heterocycles. The summed E-state index contributed by atoms with van der Waals surface area (Å²) in [7, 11) is 0. The smallest absolute Gasteiger partial charge is 0.339 e. The normalized spacial score (nSPS) is 10.1. The van der Waals surface area contributed by atoms with Crippen LogP contribution in [0.1, 0.15) is 26.3 Å². The lowest BCUT2D eigenvalue weighted by Crippen LogP contribution is -2.16. The molecule has 0 aliphatic carbocycles. The van der Waals surface area contributed by atoms with E-state index in [1.165, 1.54) is 18.3 Å². The Bertz CT molecular complexity index is 686. The molecule has 0 spiro atoms. The van der Waals surface area contributed by atoms with Crippen molar-refractivity contribution in [1.29, 1.82) is 0 Å². The summed E-state index contributed by atoms with van der Waals surface area (Å²) in [5.74, 6) is -1.68. The molecule has 5 nitrogen and oxygen atoms in total. The fraction of sp³-hybridized carbons (Fsp3) is 0.0714. The third-order valence-electron chi connectivity index (χ3n) is 2.64. The topological polar surface area (TPSA) is 79.3 Å². The summed E-state index contributed by atoms with van der Waals surface area (Å²) in [5, 5.41) is 11.8. The van der Waals surface area contributed by atoms with Gasteiger partial charge in [-0.25, -0.2) is 9.78 Å². The lowest BCUT2D eigenvalue weighted by molar-refractivity contribution is 0.0697. The standard InChI is InChI=1S/C14H11ClN2O3/c1-8-4-5-9(11(15)7-8)13(18)17-12-10(14(19)20)3-2-6-16-12/h2-7H,1H3,(H,19,20)(H,16,17,18). The zero-order valence-electron chi connectivity index (χ0n) is 10.6. The Balaban J connectivity index is 2.30. The molecule has 0 radical (unpaired) electrons. The first kappa shape index (κ1) is 14.0. The van der Waals surface area contributed by atoms with Crippen LogP contribution in [-0.4, -0.2) is 22.0 Å². The van der Waals surface area contributed by atoms with Gasteiger partial charge < -0.3 is 10.4 Å². The number of anilines is 1. The molecule has 0 unspecified atom stereocenters. The van der Waals surface area contributed by atoms with E-state index >= 15 is 0 Å². The minimum Gasteiger partial charge on any atom is -0.478 e. The number of hydrogen-bond acceptors (Lipinski definition) is 3. The Labute approximate surface area is 120 Å². The summed E-state index contributed by atoms with van der Waals surface area (Å²) in [6.45, 7) is 1.86. The number of aromatic carboxylic acids is 1. The molecule has 102 valence electrons. The van der Waals surface area contributed by atoms with E-state index in [9.17, 15) is 9.59 Å². The molecule has 0 aliphatic heterocycles. The second kappa shape index (κ2) is 5.71. The summed E-state index contributed by atoms with van der Waals surface area (Å²) in [5.41, 5.74) is 1.11. The number of nitrogens with zero attached hydrogens (tertiary/aromatic N) is 1. The maximum atomic E-state index is 12.1. The molecule has 1 amide bonds. The number of aromatic nitrogens is 1. The second-order valence-electron chi connectivity index (χ2n) is 4.14. The first-order valence-corrected chi connectivity index (χ1v) is 6.12. The number of carbonyl (C=O) groups is 2. The number of nitrogens with one attached hydrogen (secondary N) is 1. The highest BCUT2D eigenvalue weighted by Crippen LogP contribution is 2.20. The molecule has 0 bridgehead atoms. The number of aryl methyl sites for hydroxylation is 1. The predicted octanol–water partition coefficient (Wildman–Crippen LogP) is 2.99. The van der Waals surface area contributed by atoms with Crippen LogP contribution in [0.5, 0.6) is 0 Å². The van der Waals surface area contributed by atoms with Gasteiger partial charge in [0, 0.05) is 6.20 Å². The summed E-state index contributed by atoms with van der Waals surface area (Å²) in [4.78, 5) is 27.0. The van der Waals surface area contributed by atoms with Gasteiger partial charge in [-0.3, -0.25) is 4.79 Å². The third kappa shape index (κ3) is 2.95. The van der Waals surface area contributed by atoms with Gasteiger partial charge >= 0.3 is 5.97 Å². The van der Waals surface area contributed by atoms with Crippen molar-refractivity contribution in [3.05, 3.63) is 58.2 Å². The molecule has 1 heterocycles. The number of carboxylic acids is 1. The number of halogens is 1. The van der Waals surface area contributed by atoms with Crippen molar-refractivity contribution in [2.75, 3.05) is 5.32 Å². The van der Waals surface area contributed by atoms with Gasteiger partial charge in [0.05, 0.1) is 10.6 Å². The number of carbonyl (C=O) groups excluding carboxylic acids is 1. The van der Waals surface area contributed by atoms with E-state index in [0.717, 1.165) is 5.56 Å². The van der Waals surface area contributed by atoms with Crippen LogP contribution in [0.25, 0.3) is 0 Å². The average Bonchev–Trinajstić information content (AvgIpc) is 2.38. The number of rotatable bonds is 3. The van der Waals surface area contributed by atoms with Gasteiger partial charge in [-0.2, -0.15) is 0 Å². The minimum atomic E-state index is -1.16. The first-order valence-electron chi connectivity index (χ1n) is 5.75. The Hall–Kier alpha value is -2.40. The van der Waals surface area contributed by atoms with Gasteiger partial charge in [0.25, 0.3) is 5.91 Å². The van der Waals surface area contributed by atoms with E-state index in [1.807, 2.05) is 6.92 Å². The fourth-order valence-electron chi connectivity index (χ4n) is 1.66. The molecule has 2 aromatic rings. The molecule has 0 saturated carbocycles. The highest BCUT2D eigenvalue weighted by Gasteiger charge is 2.16. The third-order valence-corrected chi connectivity index (χ3v) is 2.95. The molecule has 0 fully saturated rings. The van der Waals surface area contributed by atoms with Crippen molar-refractivity contribution in [1.82, 2.24) is 4.98 Å².